The number of nitrogens with one attached hydrogen (secondary N) is 1. The molecule has 1 heterocycles. The van der Waals surface area contributed by atoms with Crippen LogP contribution in [0.3, 0.4) is 0 Å². The van der Waals surface area contributed by atoms with E-state index in [0.29, 0.717) is 19.4 Å². The number of rotatable bonds is 8. The predicted molar refractivity (Wildman–Crippen MR) is 96.3 cm³/mol. The molecule has 0 radical (unpaired) electrons. The summed E-state index contributed by atoms with van der Waals surface area (Å²) in [5, 5.41) is 3.05. The van der Waals surface area contributed by atoms with Crippen LogP contribution in [0, 0.1) is 0 Å². The van der Waals surface area contributed by atoms with Crippen LogP contribution >= 0.6 is 0 Å². The molecule has 3 aromatic rings. The first-order chi connectivity index (χ1) is 12.3. The Labute approximate surface area is 147 Å². The summed E-state index contributed by atoms with van der Waals surface area (Å²) in [6.07, 6.45) is 2.67. The highest BCUT2D eigenvalue weighted by Crippen LogP contribution is 2.22. The minimum absolute atomic E-state index is 0.0260. The van der Waals surface area contributed by atoms with Crippen LogP contribution in [0.15, 0.2) is 83.5 Å². The summed E-state index contributed by atoms with van der Waals surface area (Å²) >= 11 is 0. The van der Waals surface area contributed by atoms with E-state index in [-0.39, 0.29) is 11.9 Å². The van der Waals surface area contributed by atoms with Crippen molar-refractivity contribution in [2.24, 2.45) is 0 Å². The topological polar surface area (TPSA) is 51.5 Å². The van der Waals surface area contributed by atoms with Gasteiger partial charge in [0.2, 0.25) is 5.91 Å². The maximum Gasteiger partial charge on any atom is 0.220 e. The van der Waals surface area contributed by atoms with Gasteiger partial charge >= 0.3 is 0 Å². The number of furan rings is 1. The van der Waals surface area contributed by atoms with Gasteiger partial charge in [0.25, 0.3) is 0 Å². The molecule has 1 atom stereocenters. The van der Waals surface area contributed by atoms with Crippen LogP contribution in [0.25, 0.3) is 0 Å². The van der Waals surface area contributed by atoms with Gasteiger partial charge in [0.05, 0.1) is 12.9 Å². The Morgan fingerprint density at radius 3 is 2.36 bits per heavy atom. The molecule has 0 bridgehead atoms. The van der Waals surface area contributed by atoms with E-state index in [9.17, 15) is 4.79 Å². The Hall–Kier alpha value is -3.01. The van der Waals surface area contributed by atoms with Crippen molar-refractivity contribution in [3.05, 3.63) is 90.4 Å². The van der Waals surface area contributed by atoms with Gasteiger partial charge in [-0.05, 0) is 36.2 Å². The van der Waals surface area contributed by atoms with Crippen LogP contribution in [0.2, 0.25) is 0 Å². The molecule has 0 fully saturated rings. The van der Waals surface area contributed by atoms with Gasteiger partial charge in [-0.3, -0.25) is 4.79 Å². The second-order valence-corrected chi connectivity index (χ2v) is 5.69. The summed E-state index contributed by atoms with van der Waals surface area (Å²) in [6.45, 7) is 0.508. The van der Waals surface area contributed by atoms with Gasteiger partial charge in [0, 0.05) is 6.42 Å². The largest absolute Gasteiger partial charge is 0.494 e. The van der Waals surface area contributed by atoms with E-state index in [1.165, 1.54) is 0 Å². The zero-order valence-corrected chi connectivity index (χ0v) is 13.9. The van der Waals surface area contributed by atoms with Gasteiger partial charge in [-0.2, -0.15) is 0 Å². The fraction of sp³-hybridized carbons (Fsp3) is 0.190. The molecule has 25 heavy (non-hydrogen) atoms. The number of benzene rings is 2. The Bertz CT molecular complexity index is 754. The predicted octanol–water partition coefficient (Wildman–Crippen LogP) is 4.34. The third kappa shape index (κ3) is 4.98. The first-order valence-corrected chi connectivity index (χ1v) is 8.38. The van der Waals surface area contributed by atoms with Crippen molar-refractivity contribution in [1.82, 2.24) is 5.32 Å². The SMILES string of the molecule is O=C(CCCOc1ccccc1)NC(c1ccccc1)c1ccco1. The van der Waals surface area contributed by atoms with Crippen LogP contribution in [0.5, 0.6) is 5.75 Å². The van der Waals surface area contributed by atoms with E-state index in [1.54, 1.807) is 6.26 Å². The highest BCUT2D eigenvalue weighted by molar-refractivity contribution is 5.76. The number of para-hydroxylation sites is 1. The van der Waals surface area contributed by atoms with Crippen molar-refractivity contribution >= 4 is 5.91 Å². The molecule has 0 spiro atoms. The fourth-order valence-corrected chi connectivity index (χ4v) is 2.59. The lowest BCUT2D eigenvalue weighted by atomic mass is 10.0. The van der Waals surface area contributed by atoms with Gasteiger partial charge in [-0.1, -0.05) is 48.5 Å². The van der Waals surface area contributed by atoms with Crippen LogP contribution < -0.4 is 10.1 Å². The first kappa shape index (κ1) is 16.8. The lowest BCUT2D eigenvalue weighted by molar-refractivity contribution is -0.121. The summed E-state index contributed by atoms with van der Waals surface area (Å²) in [5.74, 6) is 1.52. The van der Waals surface area contributed by atoms with Crippen LogP contribution in [-0.2, 0) is 4.79 Å². The number of carbonyl (C=O) groups excluding carboxylic acids is 1. The monoisotopic (exact) mass is 335 g/mol. The van der Waals surface area contributed by atoms with Crippen molar-refractivity contribution in [1.29, 1.82) is 0 Å². The van der Waals surface area contributed by atoms with E-state index in [4.69, 9.17) is 9.15 Å². The molecular formula is C21H21NO3. The molecule has 4 nitrogen and oxygen atoms in total. The Kier molecular flexibility index (Phi) is 5.88. The second kappa shape index (κ2) is 8.73. The number of ether oxygens (including phenoxy) is 1. The molecular weight excluding hydrogens is 314 g/mol. The number of amides is 1. The van der Waals surface area contributed by atoms with Crippen LogP contribution in [-0.4, -0.2) is 12.5 Å². The summed E-state index contributed by atoms with van der Waals surface area (Å²) in [5.41, 5.74) is 0.992. The van der Waals surface area contributed by atoms with E-state index in [2.05, 4.69) is 5.32 Å². The molecule has 2 aromatic carbocycles. The first-order valence-electron chi connectivity index (χ1n) is 8.38. The standard InChI is InChI=1S/C21H21NO3/c23-20(14-8-15-24-18-11-5-2-6-12-18)22-21(19-13-7-16-25-19)17-9-3-1-4-10-17/h1-7,9-13,16,21H,8,14-15H2,(H,22,23). The minimum Gasteiger partial charge on any atom is -0.494 e. The maximum atomic E-state index is 12.3. The van der Waals surface area contributed by atoms with Gasteiger partial charge < -0.3 is 14.5 Å². The summed E-state index contributed by atoms with van der Waals surface area (Å²) in [6, 6.07) is 22.8. The number of carbonyl (C=O) groups is 1. The summed E-state index contributed by atoms with van der Waals surface area (Å²) in [4.78, 5) is 12.3. The van der Waals surface area contributed by atoms with Crippen molar-refractivity contribution in [2.75, 3.05) is 6.61 Å². The molecule has 1 amide bonds. The van der Waals surface area contributed by atoms with Gasteiger partial charge in [0.15, 0.2) is 0 Å². The highest BCUT2D eigenvalue weighted by Gasteiger charge is 2.18. The summed E-state index contributed by atoms with van der Waals surface area (Å²) in [7, 11) is 0. The van der Waals surface area contributed by atoms with Crippen molar-refractivity contribution in [3.8, 4) is 5.75 Å². The molecule has 128 valence electrons. The van der Waals surface area contributed by atoms with Gasteiger partial charge in [-0.25, -0.2) is 0 Å². The highest BCUT2D eigenvalue weighted by atomic mass is 16.5. The lowest BCUT2D eigenvalue weighted by Gasteiger charge is -2.17. The Morgan fingerprint density at radius 1 is 0.960 bits per heavy atom. The molecule has 0 saturated heterocycles. The second-order valence-electron chi connectivity index (χ2n) is 5.69. The van der Waals surface area contributed by atoms with Crippen molar-refractivity contribution in [2.45, 2.75) is 18.9 Å². The molecule has 0 aliphatic heterocycles. The average molecular weight is 335 g/mol. The van der Waals surface area contributed by atoms with Gasteiger partial charge in [-0.15, -0.1) is 0 Å². The Morgan fingerprint density at radius 2 is 1.68 bits per heavy atom. The molecule has 1 aromatic heterocycles. The number of hydrogen-bond donors (Lipinski definition) is 1. The zero-order valence-electron chi connectivity index (χ0n) is 13.9. The molecule has 3 rings (SSSR count). The zero-order chi connectivity index (χ0) is 17.3. The smallest absolute Gasteiger partial charge is 0.220 e. The molecule has 1 unspecified atom stereocenters. The van der Waals surface area contributed by atoms with E-state index in [0.717, 1.165) is 17.1 Å². The summed E-state index contributed by atoms with van der Waals surface area (Å²) < 4.78 is 11.1. The van der Waals surface area contributed by atoms with Crippen LogP contribution in [0.1, 0.15) is 30.2 Å². The van der Waals surface area contributed by atoms with E-state index in [1.807, 2.05) is 72.8 Å². The van der Waals surface area contributed by atoms with E-state index >= 15 is 0 Å². The maximum absolute atomic E-state index is 12.3. The third-order valence-corrected chi connectivity index (χ3v) is 3.83. The fourth-order valence-electron chi connectivity index (χ4n) is 2.59. The van der Waals surface area contributed by atoms with Crippen LogP contribution in [0.4, 0.5) is 0 Å². The molecule has 4 heteroatoms. The lowest BCUT2D eigenvalue weighted by Crippen LogP contribution is -2.29. The molecule has 0 aliphatic rings. The van der Waals surface area contributed by atoms with E-state index < -0.39 is 0 Å². The molecule has 0 aliphatic carbocycles. The van der Waals surface area contributed by atoms with Crippen molar-refractivity contribution in [3.63, 3.8) is 0 Å². The molecule has 1 N–H and O–H groups in total. The molecule has 0 saturated carbocycles. The minimum atomic E-state index is -0.279. The average Bonchev–Trinajstić information content (AvgIpc) is 3.19. The van der Waals surface area contributed by atoms with Gasteiger partial charge in [0.1, 0.15) is 17.6 Å². The quantitative estimate of drug-likeness (QED) is 0.623. The number of hydrogen-bond acceptors (Lipinski definition) is 3. The van der Waals surface area contributed by atoms with Crippen molar-refractivity contribution < 1.29 is 13.9 Å². The Balaban J connectivity index is 1.52. The normalized spacial score (nSPS) is 11.7. The third-order valence-electron chi connectivity index (χ3n) is 3.83.